The van der Waals surface area contributed by atoms with Gasteiger partial charge in [-0.15, -0.1) is 22.7 Å². The summed E-state index contributed by atoms with van der Waals surface area (Å²) >= 11 is 9.29. The molecule has 0 radical (unpaired) electrons. The van der Waals surface area contributed by atoms with Crippen LogP contribution in [-0.2, 0) is 7.05 Å². The van der Waals surface area contributed by atoms with Crippen LogP contribution in [0.5, 0.6) is 0 Å². The van der Waals surface area contributed by atoms with Crippen LogP contribution in [0.15, 0.2) is 23.7 Å². The first-order valence-electron chi connectivity index (χ1n) is 4.99. The molecule has 0 aliphatic carbocycles. The fourth-order valence-corrected chi connectivity index (χ4v) is 4.16. The summed E-state index contributed by atoms with van der Waals surface area (Å²) in [6, 6.07) is 4.07. The molecule has 17 heavy (non-hydrogen) atoms. The maximum absolute atomic E-state index is 10.3. The molecular weight excluding hydrogens is 276 g/mol. The molecule has 0 spiro atoms. The molecule has 3 rings (SSSR count). The second-order valence-electron chi connectivity index (χ2n) is 3.70. The Hall–Kier alpha value is -0.880. The van der Waals surface area contributed by atoms with E-state index in [1.54, 1.807) is 40.6 Å². The normalized spacial score (nSPS) is 13.4. The number of aliphatic hydroxyl groups is 1. The number of fused-ring (bicyclic) bond motifs is 1. The van der Waals surface area contributed by atoms with E-state index in [1.807, 2.05) is 11.4 Å². The number of thiophene rings is 2. The molecule has 1 unspecified atom stereocenters. The smallest absolute Gasteiger partial charge is 0.131 e. The molecular formula is C11H9ClN2OS2. The number of aromatic nitrogens is 2. The van der Waals surface area contributed by atoms with Crippen LogP contribution in [0.4, 0.5) is 0 Å². The quantitative estimate of drug-likeness (QED) is 0.783. The van der Waals surface area contributed by atoms with Crippen molar-refractivity contribution in [2.45, 2.75) is 6.10 Å². The van der Waals surface area contributed by atoms with Crippen LogP contribution in [-0.4, -0.2) is 14.9 Å². The minimum Gasteiger partial charge on any atom is -0.381 e. The van der Waals surface area contributed by atoms with Crippen LogP contribution in [0.3, 0.4) is 0 Å². The molecule has 0 aromatic carbocycles. The zero-order valence-corrected chi connectivity index (χ0v) is 11.3. The molecule has 0 aliphatic rings. The lowest BCUT2D eigenvalue weighted by Crippen LogP contribution is -2.05. The van der Waals surface area contributed by atoms with Crippen molar-refractivity contribution >= 4 is 43.7 Å². The van der Waals surface area contributed by atoms with Gasteiger partial charge >= 0.3 is 0 Å². The highest BCUT2D eigenvalue weighted by Crippen LogP contribution is 2.37. The Balaban J connectivity index is 2.07. The molecule has 0 saturated heterocycles. The standard InChI is InChI=1S/C11H9ClN2OS2/c1-14-10(6(12)5-13-14)11(15)9-4-8-7(17-9)2-3-16-8/h2-5,11,15H,1H3. The fourth-order valence-electron chi connectivity index (χ4n) is 1.78. The molecule has 0 saturated carbocycles. The van der Waals surface area contributed by atoms with E-state index in [0.29, 0.717) is 10.7 Å². The Morgan fingerprint density at radius 2 is 2.29 bits per heavy atom. The summed E-state index contributed by atoms with van der Waals surface area (Å²) in [5.41, 5.74) is 0.639. The zero-order valence-electron chi connectivity index (χ0n) is 8.92. The van der Waals surface area contributed by atoms with E-state index in [1.165, 1.54) is 9.40 Å². The van der Waals surface area contributed by atoms with Crippen LogP contribution < -0.4 is 0 Å². The molecule has 6 heteroatoms. The Morgan fingerprint density at radius 1 is 1.47 bits per heavy atom. The number of aliphatic hydroxyl groups excluding tert-OH is 1. The molecule has 0 aliphatic heterocycles. The van der Waals surface area contributed by atoms with Crippen molar-refractivity contribution in [3.63, 3.8) is 0 Å². The molecule has 1 atom stereocenters. The van der Waals surface area contributed by atoms with Gasteiger partial charge in [0.15, 0.2) is 0 Å². The average molecular weight is 285 g/mol. The molecule has 88 valence electrons. The molecule has 3 heterocycles. The number of hydrogen-bond donors (Lipinski definition) is 1. The van der Waals surface area contributed by atoms with Crippen LogP contribution in [0, 0.1) is 0 Å². The molecule has 0 fully saturated rings. The highest BCUT2D eigenvalue weighted by atomic mass is 35.5. The van der Waals surface area contributed by atoms with Gasteiger partial charge in [0.1, 0.15) is 6.10 Å². The monoisotopic (exact) mass is 284 g/mol. The predicted molar refractivity (Wildman–Crippen MR) is 72.0 cm³/mol. The van der Waals surface area contributed by atoms with Gasteiger partial charge in [-0.1, -0.05) is 11.6 Å². The van der Waals surface area contributed by atoms with Gasteiger partial charge in [0, 0.05) is 21.3 Å². The molecule has 3 nitrogen and oxygen atoms in total. The van der Waals surface area contributed by atoms with Gasteiger partial charge < -0.3 is 5.11 Å². The van der Waals surface area contributed by atoms with Crippen molar-refractivity contribution in [3.05, 3.63) is 39.3 Å². The lowest BCUT2D eigenvalue weighted by Gasteiger charge is -2.09. The Labute approximate surface area is 111 Å². The maximum Gasteiger partial charge on any atom is 0.131 e. The summed E-state index contributed by atoms with van der Waals surface area (Å²) < 4.78 is 4.01. The third-order valence-corrected chi connectivity index (χ3v) is 5.06. The Bertz CT molecular complexity index is 622. The van der Waals surface area contributed by atoms with Crippen molar-refractivity contribution in [3.8, 4) is 0 Å². The molecule has 1 N–H and O–H groups in total. The lowest BCUT2D eigenvalue weighted by molar-refractivity contribution is 0.213. The van der Waals surface area contributed by atoms with Crippen molar-refractivity contribution in [2.24, 2.45) is 7.05 Å². The van der Waals surface area contributed by atoms with Crippen molar-refractivity contribution < 1.29 is 5.11 Å². The molecule has 3 aromatic heterocycles. The first-order valence-corrected chi connectivity index (χ1v) is 7.06. The maximum atomic E-state index is 10.3. The van der Waals surface area contributed by atoms with E-state index in [4.69, 9.17) is 11.6 Å². The highest BCUT2D eigenvalue weighted by molar-refractivity contribution is 7.26. The SMILES string of the molecule is Cn1ncc(Cl)c1C(O)c1cc2sccc2s1. The summed E-state index contributed by atoms with van der Waals surface area (Å²) in [7, 11) is 1.78. The van der Waals surface area contributed by atoms with Gasteiger partial charge in [-0.05, 0) is 17.5 Å². The van der Waals surface area contributed by atoms with Crippen molar-refractivity contribution in [1.29, 1.82) is 0 Å². The van der Waals surface area contributed by atoms with Gasteiger partial charge in [-0.25, -0.2) is 0 Å². The average Bonchev–Trinajstić information content (AvgIpc) is 2.92. The molecule has 3 aromatic rings. The second kappa shape index (κ2) is 4.10. The topological polar surface area (TPSA) is 38.0 Å². The van der Waals surface area contributed by atoms with Crippen LogP contribution in [0.2, 0.25) is 5.02 Å². The number of aryl methyl sites for hydroxylation is 1. The Morgan fingerprint density at radius 3 is 2.94 bits per heavy atom. The van der Waals surface area contributed by atoms with Gasteiger partial charge in [0.05, 0.1) is 16.9 Å². The van der Waals surface area contributed by atoms with Crippen molar-refractivity contribution in [2.75, 3.05) is 0 Å². The molecule has 0 amide bonds. The highest BCUT2D eigenvalue weighted by Gasteiger charge is 2.20. The van der Waals surface area contributed by atoms with Crippen molar-refractivity contribution in [1.82, 2.24) is 9.78 Å². The summed E-state index contributed by atoms with van der Waals surface area (Å²) in [4.78, 5) is 0.900. The third-order valence-electron chi connectivity index (χ3n) is 2.62. The summed E-state index contributed by atoms with van der Waals surface area (Å²) in [5, 5.41) is 16.9. The number of nitrogens with zero attached hydrogens (tertiary/aromatic N) is 2. The van der Waals surface area contributed by atoms with E-state index >= 15 is 0 Å². The lowest BCUT2D eigenvalue weighted by atomic mass is 10.2. The van der Waals surface area contributed by atoms with Gasteiger partial charge in [-0.3, -0.25) is 4.68 Å². The zero-order chi connectivity index (χ0) is 12.0. The minimum atomic E-state index is -0.709. The number of rotatable bonds is 2. The van der Waals surface area contributed by atoms with Gasteiger partial charge in [0.2, 0.25) is 0 Å². The van der Waals surface area contributed by atoms with Crippen LogP contribution in [0.25, 0.3) is 9.40 Å². The van der Waals surface area contributed by atoms with E-state index in [9.17, 15) is 5.11 Å². The predicted octanol–water partition coefficient (Wildman–Crippen LogP) is 3.43. The summed E-state index contributed by atoms with van der Waals surface area (Å²) in [5.74, 6) is 0. The largest absolute Gasteiger partial charge is 0.381 e. The fraction of sp³-hybridized carbons (Fsp3) is 0.182. The van der Waals surface area contributed by atoms with E-state index in [2.05, 4.69) is 11.2 Å². The second-order valence-corrected chi connectivity index (χ2v) is 6.17. The van der Waals surface area contributed by atoms with E-state index in [-0.39, 0.29) is 0 Å². The van der Waals surface area contributed by atoms with Crippen LogP contribution >= 0.6 is 34.3 Å². The number of hydrogen-bond acceptors (Lipinski definition) is 4. The first-order chi connectivity index (χ1) is 8.16. The Kier molecular flexibility index (Phi) is 2.71. The summed E-state index contributed by atoms with van der Waals surface area (Å²) in [6.07, 6.45) is 0.843. The first kappa shape index (κ1) is 11.2. The van der Waals surface area contributed by atoms with Gasteiger partial charge in [-0.2, -0.15) is 5.10 Å². The molecule has 0 bridgehead atoms. The van der Waals surface area contributed by atoms with E-state index in [0.717, 1.165) is 4.88 Å². The summed E-state index contributed by atoms with van der Waals surface area (Å²) in [6.45, 7) is 0. The van der Waals surface area contributed by atoms with Gasteiger partial charge in [0.25, 0.3) is 0 Å². The third kappa shape index (κ3) is 1.79. The number of halogens is 1. The minimum absolute atomic E-state index is 0.497. The van der Waals surface area contributed by atoms with Crippen LogP contribution in [0.1, 0.15) is 16.7 Å². The van der Waals surface area contributed by atoms with E-state index < -0.39 is 6.10 Å².